The maximum atomic E-state index is 12.7. The first kappa shape index (κ1) is 24.0. The van der Waals surface area contributed by atoms with E-state index in [1.54, 1.807) is 24.3 Å². The topological polar surface area (TPSA) is 69.7 Å². The van der Waals surface area contributed by atoms with Gasteiger partial charge in [0.15, 0.2) is 0 Å². The number of carbonyl (C=O) groups is 1. The molecule has 1 heterocycles. The van der Waals surface area contributed by atoms with Crippen LogP contribution in [-0.2, 0) is 27.7 Å². The third-order valence-corrected chi connectivity index (χ3v) is 7.64. The van der Waals surface area contributed by atoms with Gasteiger partial charge in [0.05, 0.1) is 4.90 Å². The molecule has 4 rings (SSSR count). The number of sulfonamides is 1. The highest BCUT2D eigenvalue weighted by Gasteiger charge is 2.21. The maximum Gasteiger partial charge on any atom is 0.240 e. The van der Waals surface area contributed by atoms with Crippen molar-refractivity contribution in [3.63, 3.8) is 0 Å². The number of para-hydroxylation sites is 1. The van der Waals surface area contributed by atoms with Crippen molar-refractivity contribution in [2.75, 3.05) is 37.6 Å². The van der Waals surface area contributed by atoms with Gasteiger partial charge in [0.25, 0.3) is 0 Å². The molecule has 34 heavy (non-hydrogen) atoms. The van der Waals surface area contributed by atoms with Crippen LogP contribution in [0.3, 0.4) is 0 Å². The number of carbonyl (C=O) groups excluding carboxylic acids is 1. The van der Waals surface area contributed by atoms with Crippen molar-refractivity contribution in [1.82, 2.24) is 9.62 Å². The zero-order valence-corrected chi connectivity index (χ0v) is 20.1. The lowest BCUT2D eigenvalue weighted by molar-refractivity contribution is -0.131. The van der Waals surface area contributed by atoms with Gasteiger partial charge in [-0.15, -0.1) is 0 Å². The summed E-state index contributed by atoms with van der Waals surface area (Å²) in [4.78, 5) is 17.1. The van der Waals surface area contributed by atoms with Gasteiger partial charge in [-0.1, -0.05) is 60.7 Å². The van der Waals surface area contributed by atoms with Crippen molar-refractivity contribution in [2.24, 2.45) is 0 Å². The smallest absolute Gasteiger partial charge is 0.240 e. The molecule has 7 heteroatoms. The molecule has 0 radical (unpaired) electrons. The standard InChI is InChI=1S/C27H31N3O3S/c31-27(30-21-19-29(20-22-30)25-9-5-2-6-10-25)16-13-24-11-14-26(15-12-24)34(32,33)28-18-17-23-7-3-1-4-8-23/h1-12,14-15,28H,13,16-22H2. The second-order valence-electron chi connectivity index (χ2n) is 8.48. The highest BCUT2D eigenvalue weighted by molar-refractivity contribution is 7.89. The summed E-state index contributed by atoms with van der Waals surface area (Å²) >= 11 is 0. The molecule has 1 saturated heterocycles. The number of amides is 1. The number of benzene rings is 3. The Morgan fingerprint density at radius 1 is 0.735 bits per heavy atom. The van der Waals surface area contributed by atoms with Gasteiger partial charge in [0.2, 0.25) is 15.9 Å². The Labute approximate surface area is 202 Å². The molecule has 0 aromatic heterocycles. The first-order valence-electron chi connectivity index (χ1n) is 11.7. The molecule has 0 atom stereocenters. The van der Waals surface area contributed by atoms with E-state index in [1.165, 1.54) is 5.69 Å². The van der Waals surface area contributed by atoms with Crippen molar-refractivity contribution in [3.8, 4) is 0 Å². The van der Waals surface area contributed by atoms with E-state index in [1.807, 2.05) is 53.4 Å². The first-order valence-corrected chi connectivity index (χ1v) is 13.2. The number of anilines is 1. The molecular formula is C27H31N3O3S. The summed E-state index contributed by atoms with van der Waals surface area (Å²) in [5, 5.41) is 0. The minimum atomic E-state index is -3.55. The number of rotatable bonds is 9. The Morgan fingerprint density at radius 3 is 1.97 bits per heavy atom. The van der Waals surface area contributed by atoms with Crippen LogP contribution in [0.15, 0.2) is 89.8 Å². The molecule has 1 fully saturated rings. The summed E-state index contributed by atoms with van der Waals surface area (Å²) < 4.78 is 27.8. The fourth-order valence-electron chi connectivity index (χ4n) is 4.16. The predicted octanol–water partition coefficient (Wildman–Crippen LogP) is 3.49. The summed E-state index contributed by atoms with van der Waals surface area (Å²) in [7, 11) is -3.55. The van der Waals surface area contributed by atoms with Crippen LogP contribution in [0.2, 0.25) is 0 Å². The molecule has 3 aromatic carbocycles. The Hall–Kier alpha value is -3.16. The zero-order valence-electron chi connectivity index (χ0n) is 19.3. The monoisotopic (exact) mass is 477 g/mol. The third-order valence-electron chi connectivity index (χ3n) is 6.16. The second kappa shape index (κ2) is 11.3. The molecule has 0 aliphatic carbocycles. The van der Waals surface area contributed by atoms with Crippen molar-refractivity contribution in [1.29, 1.82) is 0 Å². The minimum absolute atomic E-state index is 0.145. The van der Waals surface area contributed by atoms with Gasteiger partial charge in [-0.2, -0.15) is 0 Å². The summed E-state index contributed by atoms with van der Waals surface area (Å²) in [6.07, 6.45) is 1.66. The van der Waals surface area contributed by atoms with Crippen LogP contribution >= 0.6 is 0 Å². The highest BCUT2D eigenvalue weighted by Crippen LogP contribution is 2.17. The molecule has 1 aliphatic heterocycles. The molecule has 0 saturated carbocycles. The number of hydrogen-bond donors (Lipinski definition) is 1. The molecule has 1 N–H and O–H groups in total. The van der Waals surface area contributed by atoms with E-state index in [0.717, 1.165) is 37.3 Å². The lowest BCUT2D eigenvalue weighted by Gasteiger charge is -2.36. The minimum Gasteiger partial charge on any atom is -0.368 e. The van der Waals surface area contributed by atoms with E-state index in [4.69, 9.17) is 0 Å². The summed E-state index contributed by atoms with van der Waals surface area (Å²) in [6, 6.07) is 26.9. The Morgan fingerprint density at radius 2 is 1.32 bits per heavy atom. The number of piperazine rings is 1. The first-order chi connectivity index (χ1) is 16.5. The maximum absolute atomic E-state index is 12.7. The largest absolute Gasteiger partial charge is 0.368 e. The van der Waals surface area contributed by atoms with Crippen molar-refractivity contribution in [3.05, 3.63) is 96.1 Å². The van der Waals surface area contributed by atoms with Gasteiger partial charge in [0, 0.05) is 44.8 Å². The number of hydrogen-bond acceptors (Lipinski definition) is 4. The summed E-state index contributed by atoms with van der Waals surface area (Å²) in [6.45, 7) is 3.46. The molecule has 1 aliphatic rings. The molecular weight excluding hydrogens is 446 g/mol. The average Bonchev–Trinajstić information content (AvgIpc) is 2.89. The van der Waals surface area contributed by atoms with Crippen LogP contribution in [0, 0.1) is 0 Å². The SMILES string of the molecule is O=C(CCc1ccc(S(=O)(=O)NCCc2ccccc2)cc1)N1CCN(c2ccccc2)CC1. The lowest BCUT2D eigenvalue weighted by atomic mass is 10.1. The lowest BCUT2D eigenvalue weighted by Crippen LogP contribution is -2.48. The van der Waals surface area contributed by atoms with Crippen molar-refractivity contribution >= 4 is 21.6 Å². The Balaban J connectivity index is 1.22. The molecule has 3 aromatic rings. The van der Waals surface area contributed by atoms with Crippen LogP contribution < -0.4 is 9.62 Å². The van der Waals surface area contributed by atoms with Crippen molar-refractivity contribution in [2.45, 2.75) is 24.2 Å². The number of nitrogens with one attached hydrogen (secondary N) is 1. The second-order valence-corrected chi connectivity index (χ2v) is 10.2. The fourth-order valence-corrected chi connectivity index (χ4v) is 5.19. The zero-order chi connectivity index (χ0) is 23.8. The van der Waals surface area contributed by atoms with Gasteiger partial charge in [0.1, 0.15) is 0 Å². The molecule has 0 unspecified atom stereocenters. The van der Waals surface area contributed by atoms with Gasteiger partial charge in [-0.3, -0.25) is 4.79 Å². The Kier molecular flexibility index (Phi) is 7.98. The average molecular weight is 478 g/mol. The van der Waals surface area contributed by atoms with E-state index >= 15 is 0 Å². The fraction of sp³-hybridized carbons (Fsp3) is 0.296. The third kappa shape index (κ3) is 6.46. The van der Waals surface area contributed by atoms with Crippen LogP contribution in [0.4, 0.5) is 5.69 Å². The van der Waals surface area contributed by atoms with Gasteiger partial charge >= 0.3 is 0 Å². The molecule has 0 spiro atoms. The molecule has 0 bridgehead atoms. The predicted molar refractivity (Wildman–Crippen MR) is 135 cm³/mol. The number of aryl methyl sites for hydroxylation is 1. The molecule has 178 valence electrons. The summed E-state index contributed by atoms with van der Waals surface area (Å²) in [5.74, 6) is 0.145. The summed E-state index contributed by atoms with van der Waals surface area (Å²) in [5.41, 5.74) is 3.24. The normalized spacial score (nSPS) is 14.2. The van der Waals surface area contributed by atoms with E-state index in [-0.39, 0.29) is 10.8 Å². The molecule has 6 nitrogen and oxygen atoms in total. The van der Waals surface area contributed by atoms with Gasteiger partial charge in [-0.25, -0.2) is 13.1 Å². The van der Waals surface area contributed by atoms with Gasteiger partial charge < -0.3 is 9.80 Å². The number of nitrogens with zero attached hydrogens (tertiary/aromatic N) is 2. The quantitative estimate of drug-likeness (QED) is 0.512. The van der Waals surface area contributed by atoms with Gasteiger partial charge in [-0.05, 0) is 48.2 Å². The van der Waals surface area contributed by atoms with E-state index in [2.05, 4.69) is 21.8 Å². The van der Waals surface area contributed by atoms with Crippen LogP contribution in [0.25, 0.3) is 0 Å². The van der Waals surface area contributed by atoms with E-state index < -0.39 is 10.0 Å². The van der Waals surface area contributed by atoms with E-state index in [0.29, 0.717) is 25.8 Å². The van der Waals surface area contributed by atoms with Crippen LogP contribution in [0.1, 0.15) is 17.5 Å². The van der Waals surface area contributed by atoms with Crippen LogP contribution in [0.5, 0.6) is 0 Å². The van der Waals surface area contributed by atoms with E-state index in [9.17, 15) is 13.2 Å². The van der Waals surface area contributed by atoms with Crippen LogP contribution in [-0.4, -0.2) is 51.9 Å². The highest BCUT2D eigenvalue weighted by atomic mass is 32.2. The Bertz CT molecular complexity index is 1160. The van der Waals surface area contributed by atoms with Crippen molar-refractivity contribution < 1.29 is 13.2 Å². The molecule has 1 amide bonds.